The van der Waals surface area contributed by atoms with Crippen LogP contribution in [0.15, 0.2) is 60.7 Å². The molecule has 2 rings (SSSR count). The highest BCUT2D eigenvalue weighted by Gasteiger charge is 2.31. The molecule has 0 fully saturated rings. The minimum atomic E-state index is -2.53. The van der Waals surface area contributed by atoms with Gasteiger partial charge in [-0.1, -0.05) is 74.0 Å². The molecule has 2 unspecified atom stereocenters. The van der Waals surface area contributed by atoms with Crippen molar-refractivity contribution in [3.05, 3.63) is 71.8 Å². The third-order valence-corrected chi connectivity index (χ3v) is 6.50. The number of unbranched alkanes of at least 4 members (excludes halogenated alkanes) is 1. The van der Waals surface area contributed by atoms with E-state index in [1.165, 1.54) is 0 Å². The summed E-state index contributed by atoms with van der Waals surface area (Å²) in [5.74, 6) is -2.23. The lowest BCUT2D eigenvalue weighted by Crippen LogP contribution is -2.47. The van der Waals surface area contributed by atoms with Gasteiger partial charge in [0.25, 0.3) is 0 Å². The molecule has 2 amide bonds. The summed E-state index contributed by atoms with van der Waals surface area (Å²) in [6.45, 7) is 6.61. The highest BCUT2D eigenvalue weighted by Crippen LogP contribution is 2.24. The Morgan fingerprint density at radius 2 is 1.34 bits per heavy atom. The summed E-state index contributed by atoms with van der Waals surface area (Å²) < 4.78 is 38.4. The molecule has 0 saturated heterocycles. The monoisotopic (exact) mass is 633 g/mol. The molecule has 240 valence electrons. The van der Waals surface area contributed by atoms with Crippen molar-refractivity contribution in [1.82, 2.24) is 10.6 Å². The fourth-order valence-corrected chi connectivity index (χ4v) is 4.15. The Balaban J connectivity index is 2.04. The van der Waals surface area contributed by atoms with Gasteiger partial charge in [-0.2, -0.15) is 0 Å². The molecule has 0 saturated carbocycles. The van der Waals surface area contributed by atoms with Crippen molar-refractivity contribution in [3.8, 4) is 0 Å². The quantitative estimate of drug-likeness (QED) is 0.0978. The molecule has 0 spiro atoms. The Morgan fingerprint density at radius 1 is 0.795 bits per heavy atom. The minimum Gasteiger partial charge on any atom is -0.459 e. The van der Waals surface area contributed by atoms with Gasteiger partial charge in [-0.25, -0.2) is 14.4 Å². The van der Waals surface area contributed by atoms with E-state index in [9.17, 15) is 23.7 Å². The maximum absolute atomic E-state index is 12.9. The first-order valence-electron chi connectivity index (χ1n) is 14.4. The van der Waals surface area contributed by atoms with Gasteiger partial charge in [0, 0.05) is 11.0 Å². The number of hydrogen-bond donors (Lipinski definition) is 2. The van der Waals surface area contributed by atoms with Crippen LogP contribution in [-0.2, 0) is 55.4 Å². The fraction of sp³-hybridized carbons (Fsp3) is 0.484. The van der Waals surface area contributed by atoms with Crippen molar-refractivity contribution < 1.29 is 47.0 Å². The molecule has 0 heterocycles. The Kier molecular flexibility index (Phi) is 16.0. The van der Waals surface area contributed by atoms with Crippen LogP contribution >= 0.6 is 8.25 Å². The summed E-state index contributed by atoms with van der Waals surface area (Å²) in [7, 11) is -2.53. The fourth-order valence-electron chi connectivity index (χ4n) is 3.52. The van der Waals surface area contributed by atoms with E-state index in [4.69, 9.17) is 23.3 Å². The number of alkyl carbamates (subject to hydrolysis) is 1. The van der Waals surface area contributed by atoms with E-state index in [1.54, 1.807) is 69.3 Å². The number of benzene rings is 2. The zero-order valence-electron chi connectivity index (χ0n) is 25.6. The van der Waals surface area contributed by atoms with E-state index in [0.717, 1.165) is 17.5 Å². The van der Waals surface area contributed by atoms with Crippen molar-refractivity contribution in [2.45, 2.75) is 84.3 Å². The molecule has 0 aliphatic rings. The average molecular weight is 634 g/mol. The number of amides is 2. The van der Waals surface area contributed by atoms with Crippen LogP contribution in [0.1, 0.15) is 64.5 Å². The Morgan fingerprint density at radius 3 is 1.86 bits per heavy atom. The third-order valence-electron chi connectivity index (χ3n) is 5.74. The van der Waals surface area contributed by atoms with Gasteiger partial charge in [0.15, 0.2) is 6.04 Å². The zero-order valence-corrected chi connectivity index (χ0v) is 26.5. The van der Waals surface area contributed by atoms with E-state index in [-0.39, 0.29) is 32.7 Å². The largest absolute Gasteiger partial charge is 0.697 e. The van der Waals surface area contributed by atoms with Crippen LogP contribution in [0.5, 0.6) is 0 Å². The van der Waals surface area contributed by atoms with Crippen LogP contribution < -0.4 is 10.6 Å². The van der Waals surface area contributed by atoms with Gasteiger partial charge >= 0.3 is 26.3 Å². The molecule has 12 nitrogen and oxygen atoms in total. The summed E-state index contributed by atoms with van der Waals surface area (Å²) in [6, 6.07) is 15.4. The van der Waals surface area contributed by atoms with Crippen molar-refractivity contribution in [2.24, 2.45) is 0 Å². The van der Waals surface area contributed by atoms with E-state index in [1.807, 2.05) is 19.1 Å². The van der Waals surface area contributed by atoms with Crippen LogP contribution in [0.3, 0.4) is 0 Å². The number of esters is 2. The lowest BCUT2D eigenvalue weighted by Gasteiger charge is -2.23. The van der Waals surface area contributed by atoms with E-state index in [0.29, 0.717) is 6.42 Å². The molecule has 0 aliphatic heterocycles. The first kappa shape index (κ1) is 36.3. The predicted molar refractivity (Wildman–Crippen MR) is 161 cm³/mol. The van der Waals surface area contributed by atoms with Gasteiger partial charge in [0.05, 0.1) is 0 Å². The molecular formula is C31H42N2O10P+. The number of rotatable bonds is 18. The number of ether oxygens (including phenoxy) is 3. The molecule has 13 heteroatoms. The van der Waals surface area contributed by atoms with Crippen LogP contribution in [0.2, 0.25) is 0 Å². The molecule has 2 N–H and O–H groups in total. The molecule has 0 bridgehead atoms. The van der Waals surface area contributed by atoms with Crippen LogP contribution in [-0.4, -0.2) is 54.8 Å². The van der Waals surface area contributed by atoms with Gasteiger partial charge in [-0.3, -0.25) is 4.79 Å². The van der Waals surface area contributed by atoms with Crippen molar-refractivity contribution in [1.29, 1.82) is 0 Å². The van der Waals surface area contributed by atoms with Crippen LogP contribution in [0.4, 0.5) is 4.79 Å². The van der Waals surface area contributed by atoms with Crippen LogP contribution in [0.25, 0.3) is 0 Å². The second-order valence-electron chi connectivity index (χ2n) is 10.8. The van der Waals surface area contributed by atoms with E-state index < -0.39 is 56.5 Å². The van der Waals surface area contributed by atoms with Gasteiger partial charge in [0.1, 0.15) is 38.1 Å². The Hall–Kier alpha value is -3.86. The molecule has 0 radical (unpaired) electrons. The van der Waals surface area contributed by atoms with E-state index >= 15 is 0 Å². The Bertz CT molecular complexity index is 1200. The van der Waals surface area contributed by atoms with Gasteiger partial charge < -0.3 is 24.8 Å². The maximum atomic E-state index is 12.9. The molecule has 0 aliphatic carbocycles. The highest BCUT2D eigenvalue weighted by molar-refractivity contribution is 7.33. The van der Waals surface area contributed by atoms with Gasteiger partial charge in [-0.15, -0.1) is 9.05 Å². The normalized spacial score (nSPS) is 12.8. The third kappa shape index (κ3) is 15.6. The SMILES string of the molecule is CCCCO[P+](=O)OCC(NC(=O)CC[C@H](NC(=O)OC(C)(C)C)C(=O)OCc1ccccc1)C(=O)OCc1ccccc1. The van der Waals surface area contributed by atoms with E-state index in [2.05, 4.69) is 10.6 Å². The first-order chi connectivity index (χ1) is 21.0. The summed E-state index contributed by atoms with van der Waals surface area (Å²) in [5, 5.41) is 4.96. The number of hydrogen-bond acceptors (Lipinski definition) is 10. The molecule has 0 aromatic heterocycles. The van der Waals surface area contributed by atoms with Crippen LogP contribution in [0, 0.1) is 0 Å². The summed E-state index contributed by atoms with van der Waals surface area (Å²) in [5.41, 5.74) is 0.642. The molecule has 44 heavy (non-hydrogen) atoms. The second-order valence-corrected chi connectivity index (χ2v) is 11.7. The zero-order chi connectivity index (χ0) is 32.4. The minimum absolute atomic E-state index is 0.0382. The second kappa shape index (κ2) is 19.4. The molecular weight excluding hydrogens is 591 g/mol. The van der Waals surface area contributed by atoms with Gasteiger partial charge in [-0.05, 0) is 44.7 Å². The Labute approximate surface area is 259 Å². The number of carbonyl (C=O) groups is 4. The maximum Gasteiger partial charge on any atom is 0.697 e. The topological polar surface area (TPSA) is 156 Å². The average Bonchev–Trinajstić information content (AvgIpc) is 2.99. The smallest absolute Gasteiger partial charge is 0.459 e. The first-order valence-corrected chi connectivity index (χ1v) is 15.5. The van der Waals surface area contributed by atoms with Crippen molar-refractivity contribution in [2.75, 3.05) is 13.2 Å². The standard InChI is InChI=1S/C31H41N2O10P/c1-5-6-19-41-44(38)42-22-26(29(36)40-21-24-15-11-8-12-16-24)32-27(34)18-17-25(33-30(37)43-31(2,3)4)28(35)39-20-23-13-9-7-10-14-23/h7-16,25-26H,5-6,17-22H2,1-4H3,(H-,32,33,34,37)/p+1/t25-,26?/m0/s1. The number of carbonyl (C=O) groups excluding carboxylic acids is 4. The lowest BCUT2D eigenvalue weighted by atomic mass is 10.1. The predicted octanol–water partition coefficient (Wildman–Crippen LogP) is 5.12. The molecule has 3 atom stereocenters. The summed E-state index contributed by atoms with van der Waals surface area (Å²) in [6.07, 6.45) is 0.192. The summed E-state index contributed by atoms with van der Waals surface area (Å²) >= 11 is 0. The van der Waals surface area contributed by atoms with Crippen molar-refractivity contribution in [3.63, 3.8) is 0 Å². The lowest BCUT2D eigenvalue weighted by molar-refractivity contribution is -0.150. The highest BCUT2D eigenvalue weighted by atomic mass is 31.1. The van der Waals surface area contributed by atoms with Crippen molar-refractivity contribution >= 4 is 32.2 Å². The summed E-state index contributed by atoms with van der Waals surface area (Å²) in [4.78, 5) is 51.1. The molecule has 2 aromatic rings. The van der Waals surface area contributed by atoms with Gasteiger partial charge in [0.2, 0.25) is 5.91 Å². The number of nitrogens with one attached hydrogen (secondary N) is 2. The molecule has 2 aromatic carbocycles.